The van der Waals surface area contributed by atoms with Crippen LogP contribution in [0.5, 0.6) is 0 Å². The van der Waals surface area contributed by atoms with E-state index in [1.807, 2.05) is 21.6 Å². The van der Waals surface area contributed by atoms with Crippen LogP contribution >= 0.6 is 0 Å². The van der Waals surface area contributed by atoms with Gasteiger partial charge in [-0.1, -0.05) is 24.3 Å². The van der Waals surface area contributed by atoms with Crippen molar-refractivity contribution in [2.24, 2.45) is 0 Å². The van der Waals surface area contributed by atoms with Gasteiger partial charge < -0.3 is 9.47 Å². The van der Waals surface area contributed by atoms with Gasteiger partial charge in [0.25, 0.3) is 0 Å². The van der Waals surface area contributed by atoms with Gasteiger partial charge in [0.05, 0.1) is 22.3 Å². The number of aromatic nitrogens is 2. The number of imidazole rings is 1. The maximum absolute atomic E-state index is 12.8. The molecular weight excluding hydrogens is 412 g/mol. The van der Waals surface area contributed by atoms with E-state index in [2.05, 4.69) is 17.1 Å². The third-order valence-electron chi connectivity index (χ3n) is 6.35. The Morgan fingerprint density at radius 3 is 2.58 bits per heavy atom. The Balaban J connectivity index is 1.28. The summed E-state index contributed by atoms with van der Waals surface area (Å²) in [6, 6.07) is 13.4. The molecule has 1 amide bonds. The standard InChI is InChI=1S/C23H26N4O3S/c28-23(25-13-9-18-5-1-2-6-19(18)16-25)10-14-26-17-24-21-15-20(7-8-22(21)26)31(29,30)27-11-3-4-12-27/h1-2,5-8,15,17H,3-4,9-14,16H2. The third-order valence-corrected chi connectivity index (χ3v) is 8.24. The van der Waals surface area contributed by atoms with Gasteiger partial charge in [0.2, 0.25) is 15.9 Å². The second-order valence-electron chi connectivity index (χ2n) is 8.28. The van der Waals surface area contributed by atoms with Crippen LogP contribution in [0.4, 0.5) is 0 Å². The number of carbonyl (C=O) groups is 1. The number of aryl methyl sites for hydroxylation is 1. The van der Waals surface area contributed by atoms with E-state index in [1.165, 1.54) is 11.1 Å². The molecule has 1 saturated heterocycles. The van der Waals surface area contributed by atoms with Gasteiger partial charge in [0, 0.05) is 39.1 Å². The van der Waals surface area contributed by atoms with Gasteiger partial charge >= 0.3 is 0 Å². The highest BCUT2D eigenvalue weighted by Crippen LogP contribution is 2.24. The highest BCUT2D eigenvalue weighted by molar-refractivity contribution is 7.89. The number of amides is 1. The Bertz CT molecular complexity index is 1230. The smallest absolute Gasteiger partial charge is 0.243 e. The van der Waals surface area contributed by atoms with Crippen molar-refractivity contribution in [1.29, 1.82) is 0 Å². The van der Waals surface area contributed by atoms with E-state index < -0.39 is 10.0 Å². The second-order valence-corrected chi connectivity index (χ2v) is 10.2. The van der Waals surface area contributed by atoms with Crippen molar-refractivity contribution in [2.45, 2.75) is 43.7 Å². The fourth-order valence-electron chi connectivity index (χ4n) is 4.54. The van der Waals surface area contributed by atoms with Crippen LogP contribution in [0.3, 0.4) is 0 Å². The number of benzene rings is 2. The molecule has 5 rings (SSSR count). The van der Waals surface area contributed by atoms with E-state index >= 15 is 0 Å². The first kappa shape index (κ1) is 20.2. The molecule has 2 aliphatic rings. The second kappa shape index (κ2) is 8.09. The van der Waals surface area contributed by atoms with Gasteiger partial charge in [-0.25, -0.2) is 13.4 Å². The molecule has 0 aliphatic carbocycles. The van der Waals surface area contributed by atoms with Gasteiger partial charge in [-0.05, 0) is 48.6 Å². The number of hydrogen-bond acceptors (Lipinski definition) is 4. The quantitative estimate of drug-likeness (QED) is 0.614. The lowest BCUT2D eigenvalue weighted by Gasteiger charge is -2.29. The Morgan fingerprint density at radius 2 is 1.77 bits per heavy atom. The zero-order chi connectivity index (χ0) is 21.4. The van der Waals surface area contributed by atoms with E-state index in [1.54, 1.807) is 28.8 Å². The lowest BCUT2D eigenvalue weighted by Crippen LogP contribution is -2.36. The summed E-state index contributed by atoms with van der Waals surface area (Å²) >= 11 is 0. The molecule has 2 aliphatic heterocycles. The molecular formula is C23H26N4O3S. The molecule has 8 heteroatoms. The predicted molar refractivity (Wildman–Crippen MR) is 118 cm³/mol. The first-order valence-corrected chi connectivity index (χ1v) is 12.3. The van der Waals surface area contributed by atoms with E-state index in [-0.39, 0.29) is 10.8 Å². The van der Waals surface area contributed by atoms with Gasteiger partial charge in [0.15, 0.2) is 0 Å². The molecule has 0 radical (unpaired) electrons. The van der Waals surface area contributed by atoms with E-state index in [0.29, 0.717) is 38.1 Å². The van der Waals surface area contributed by atoms with Crippen LogP contribution in [0.1, 0.15) is 30.4 Å². The monoisotopic (exact) mass is 438 g/mol. The van der Waals surface area contributed by atoms with Crippen LogP contribution in [0, 0.1) is 0 Å². The molecule has 162 valence electrons. The minimum atomic E-state index is -3.46. The largest absolute Gasteiger partial charge is 0.338 e. The average Bonchev–Trinajstić information content (AvgIpc) is 3.47. The van der Waals surface area contributed by atoms with Gasteiger partial charge in [0.1, 0.15) is 0 Å². The first-order chi connectivity index (χ1) is 15.0. The maximum atomic E-state index is 12.8. The van der Waals surface area contributed by atoms with Crippen molar-refractivity contribution in [3.63, 3.8) is 0 Å². The SMILES string of the molecule is O=C(CCn1cnc2cc(S(=O)(=O)N3CCCC3)ccc21)N1CCc2ccccc2C1. The third kappa shape index (κ3) is 3.85. The van der Waals surface area contributed by atoms with Crippen molar-refractivity contribution >= 4 is 27.0 Å². The van der Waals surface area contributed by atoms with Crippen LogP contribution in [0.25, 0.3) is 11.0 Å². The molecule has 7 nitrogen and oxygen atoms in total. The fourth-order valence-corrected chi connectivity index (χ4v) is 6.08. The number of hydrogen-bond donors (Lipinski definition) is 0. The molecule has 0 atom stereocenters. The fraction of sp³-hybridized carbons (Fsp3) is 0.391. The first-order valence-electron chi connectivity index (χ1n) is 10.8. The molecule has 0 unspecified atom stereocenters. The summed E-state index contributed by atoms with van der Waals surface area (Å²) in [6.45, 7) is 3.09. The number of sulfonamides is 1. The summed E-state index contributed by atoms with van der Waals surface area (Å²) in [6.07, 6.45) is 4.79. The summed E-state index contributed by atoms with van der Waals surface area (Å²) in [7, 11) is -3.46. The van der Waals surface area contributed by atoms with Crippen LogP contribution < -0.4 is 0 Å². The number of rotatable bonds is 5. The van der Waals surface area contributed by atoms with Crippen LogP contribution in [-0.4, -0.2) is 52.7 Å². The molecule has 0 saturated carbocycles. The lowest BCUT2D eigenvalue weighted by molar-refractivity contribution is -0.132. The molecule has 0 spiro atoms. The summed E-state index contributed by atoms with van der Waals surface area (Å²) < 4.78 is 29.1. The maximum Gasteiger partial charge on any atom is 0.243 e. The van der Waals surface area contributed by atoms with E-state index in [4.69, 9.17) is 0 Å². The van der Waals surface area contributed by atoms with Crippen molar-refractivity contribution < 1.29 is 13.2 Å². The summed E-state index contributed by atoms with van der Waals surface area (Å²) in [5, 5.41) is 0. The molecule has 2 aromatic carbocycles. The van der Waals surface area contributed by atoms with Crippen LogP contribution in [0.15, 0.2) is 53.7 Å². The van der Waals surface area contributed by atoms with Gasteiger partial charge in [-0.15, -0.1) is 0 Å². The highest BCUT2D eigenvalue weighted by Gasteiger charge is 2.27. The number of fused-ring (bicyclic) bond motifs is 2. The van der Waals surface area contributed by atoms with Gasteiger partial charge in [-0.2, -0.15) is 4.31 Å². The molecule has 1 aromatic heterocycles. The summed E-state index contributed by atoms with van der Waals surface area (Å²) in [5.74, 6) is 0.129. The van der Waals surface area contributed by atoms with E-state index in [9.17, 15) is 13.2 Å². The molecule has 3 heterocycles. The highest BCUT2D eigenvalue weighted by atomic mass is 32.2. The molecule has 31 heavy (non-hydrogen) atoms. The minimum absolute atomic E-state index is 0.129. The number of carbonyl (C=O) groups excluding carboxylic acids is 1. The Labute approximate surface area is 182 Å². The van der Waals surface area contributed by atoms with Crippen molar-refractivity contribution in [1.82, 2.24) is 18.8 Å². The summed E-state index contributed by atoms with van der Waals surface area (Å²) in [5.41, 5.74) is 4.03. The molecule has 0 N–H and O–H groups in total. The number of nitrogens with zero attached hydrogens (tertiary/aromatic N) is 4. The zero-order valence-corrected chi connectivity index (χ0v) is 18.2. The predicted octanol–water partition coefficient (Wildman–Crippen LogP) is 2.80. The van der Waals surface area contributed by atoms with Crippen LogP contribution in [-0.2, 0) is 34.3 Å². The summed E-state index contributed by atoms with van der Waals surface area (Å²) in [4.78, 5) is 19.4. The average molecular weight is 439 g/mol. The molecule has 1 fully saturated rings. The molecule has 0 bridgehead atoms. The Morgan fingerprint density at radius 1 is 1.00 bits per heavy atom. The molecule has 3 aromatic rings. The normalized spacial score (nSPS) is 17.2. The lowest BCUT2D eigenvalue weighted by atomic mass is 10.00. The van der Waals surface area contributed by atoms with Gasteiger partial charge in [-0.3, -0.25) is 4.79 Å². The van der Waals surface area contributed by atoms with Crippen molar-refractivity contribution in [3.8, 4) is 0 Å². The van der Waals surface area contributed by atoms with Crippen molar-refractivity contribution in [2.75, 3.05) is 19.6 Å². The topological polar surface area (TPSA) is 75.5 Å². The van der Waals surface area contributed by atoms with E-state index in [0.717, 1.165) is 31.3 Å². The van der Waals surface area contributed by atoms with Crippen LogP contribution in [0.2, 0.25) is 0 Å². The minimum Gasteiger partial charge on any atom is -0.338 e. The Hall–Kier alpha value is -2.71. The Kier molecular flexibility index (Phi) is 5.27. The van der Waals surface area contributed by atoms with Crippen molar-refractivity contribution in [3.05, 3.63) is 59.9 Å². The zero-order valence-electron chi connectivity index (χ0n) is 17.4.